The Bertz CT molecular complexity index is 337. The maximum absolute atomic E-state index is 5.73. The molecule has 1 N–H and O–H groups in total. The topological polar surface area (TPSA) is 25.2 Å². The van der Waals surface area contributed by atoms with Gasteiger partial charge in [-0.25, -0.2) is 0 Å². The number of furan rings is 1. The molecule has 1 aromatic heterocycles. The van der Waals surface area contributed by atoms with Gasteiger partial charge in [-0.15, -0.1) is 0 Å². The lowest BCUT2D eigenvalue weighted by atomic mass is 9.93. The Morgan fingerprint density at radius 2 is 1.83 bits per heavy atom. The van der Waals surface area contributed by atoms with Crippen LogP contribution in [0.5, 0.6) is 0 Å². The number of aryl methyl sites for hydroxylation is 1. The van der Waals surface area contributed by atoms with Crippen LogP contribution in [0.4, 0.5) is 0 Å². The van der Waals surface area contributed by atoms with Gasteiger partial charge in [0.2, 0.25) is 0 Å². The predicted octanol–water partition coefficient (Wildman–Crippen LogP) is 4.29. The fourth-order valence-corrected chi connectivity index (χ4v) is 2.95. The van der Waals surface area contributed by atoms with Crippen LogP contribution in [-0.4, -0.2) is 6.04 Å². The van der Waals surface area contributed by atoms with Gasteiger partial charge in [-0.3, -0.25) is 0 Å². The molecule has 1 aliphatic rings. The first-order valence-corrected chi connectivity index (χ1v) is 7.60. The fourth-order valence-electron chi connectivity index (χ4n) is 2.95. The zero-order valence-corrected chi connectivity index (χ0v) is 11.9. The minimum Gasteiger partial charge on any atom is -0.465 e. The average Bonchev–Trinajstić information content (AvgIpc) is 2.68. The highest BCUT2D eigenvalue weighted by molar-refractivity contribution is 5.06. The van der Waals surface area contributed by atoms with Crippen LogP contribution in [-0.2, 0) is 13.0 Å². The summed E-state index contributed by atoms with van der Waals surface area (Å²) in [5, 5.41) is 3.64. The summed E-state index contributed by atoms with van der Waals surface area (Å²) in [5.41, 5.74) is 0. The van der Waals surface area contributed by atoms with Crippen LogP contribution in [0.1, 0.15) is 63.9 Å². The van der Waals surface area contributed by atoms with Crippen molar-refractivity contribution in [1.82, 2.24) is 5.32 Å². The molecule has 1 saturated carbocycles. The van der Waals surface area contributed by atoms with Gasteiger partial charge < -0.3 is 9.73 Å². The van der Waals surface area contributed by atoms with Crippen LogP contribution in [0.2, 0.25) is 0 Å². The first-order valence-electron chi connectivity index (χ1n) is 7.60. The number of nitrogens with one attached hydrogen (secondary N) is 1. The van der Waals surface area contributed by atoms with Gasteiger partial charge in [0.1, 0.15) is 11.5 Å². The summed E-state index contributed by atoms with van der Waals surface area (Å²) in [7, 11) is 0. The van der Waals surface area contributed by atoms with Gasteiger partial charge in [0.25, 0.3) is 0 Å². The van der Waals surface area contributed by atoms with Gasteiger partial charge in [0.05, 0.1) is 6.54 Å². The second kappa shape index (κ2) is 6.98. The van der Waals surface area contributed by atoms with Crippen LogP contribution < -0.4 is 5.32 Å². The number of hydrogen-bond donors (Lipinski definition) is 1. The van der Waals surface area contributed by atoms with E-state index >= 15 is 0 Å². The molecular formula is C16H27NO. The molecule has 0 unspecified atom stereocenters. The molecule has 0 saturated heterocycles. The predicted molar refractivity (Wildman–Crippen MR) is 75.6 cm³/mol. The van der Waals surface area contributed by atoms with E-state index in [1.54, 1.807) is 0 Å². The second-order valence-electron chi connectivity index (χ2n) is 5.64. The highest BCUT2D eigenvalue weighted by Gasteiger charge is 2.18. The lowest BCUT2D eigenvalue weighted by Crippen LogP contribution is -2.32. The molecule has 2 rings (SSSR count). The molecule has 0 radical (unpaired) electrons. The van der Waals surface area contributed by atoms with Crippen LogP contribution >= 0.6 is 0 Å². The molecule has 0 aromatic carbocycles. The number of rotatable bonds is 5. The summed E-state index contributed by atoms with van der Waals surface area (Å²) in [4.78, 5) is 0. The Labute approximate surface area is 111 Å². The third-order valence-electron chi connectivity index (χ3n) is 4.27. The summed E-state index contributed by atoms with van der Waals surface area (Å²) < 4.78 is 5.73. The van der Waals surface area contributed by atoms with Gasteiger partial charge in [-0.2, -0.15) is 0 Å². The summed E-state index contributed by atoms with van der Waals surface area (Å²) >= 11 is 0. The molecular weight excluding hydrogens is 222 g/mol. The van der Waals surface area contributed by atoms with Crippen LogP contribution in [0.25, 0.3) is 0 Å². The van der Waals surface area contributed by atoms with Gasteiger partial charge >= 0.3 is 0 Å². The van der Waals surface area contributed by atoms with E-state index < -0.39 is 0 Å². The van der Waals surface area contributed by atoms with E-state index in [2.05, 4.69) is 31.3 Å². The Hall–Kier alpha value is -0.760. The van der Waals surface area contributed by atoms with Crippen molar-refractivity contribution in [3.63, 3.8) is 0 Å². The molecule has 2 nitrogen and oxygen atoms in total. The largest absolute Gasteiger partial charge is 0.465 e. The number of hydrogen-bond acceptors (Lipinski definition) is 2. The van der Waals surface area contributed by atoms with E-state index in [0.29, 0.717) is 6.04 Å². The van der Waals surface area contributed by atoms with Crippen LogP contribution in [0.15, 0.2) is 16.5 Å². The maximum Gasteiger partial charge on any atom is 0.117 e. The highest BCUT2D eigenvalue weighted by Crippen LogP contribution is 2.25. The molecule has 102 valence electrons. The highest BCUT2D eigenvalue weighted by atomic mass is 16.3. The quantitative estimate of drug-likeness (QED) is 0.787. The minimum atomic E-state index is 0.610. The summed E-state index contributed by atoms with van der Waals surface area (Å²) in [5.74, 6) is 3.02. The molecule has 1 fully saturated rings. The van der Waals surface area contributed by atoms with Gasteiger partial charge in [-0.05, 0) is 37.8 Å². The monoisotopic (exact) mass is 249 g/mol. The first-order chi connectivity index (χ1) is 8.79. The lowest BCUT2D eigenvalue weighted by molar-refractivity contribution is 0.324. The zero-order chi connectivity index (χ0) is 12.8. The molecule has 0 amide bonds. The van der Waals surface area contributed by atoms with Gasteiger partial charge in [-0.1, -0.05) is 32.6 Å². The van der Waals surface area contributed by atoms with Crippen molar-refractivity contribution in [2.75, 3.05) is 0 Å². The minimum absolute atomic E-state index is 0.610. The first kappa shape index (κ1) is 13.7. The third-order valence-corrected chi connectivity index (χ3v) is 4.27. The fraction of sp³-hybridized carbons (Fsp3) is 0.750. The molecule has 18 heavy (non-hydrogen) atoms. The normalized spacial score (nSPS) is 19.7. The van der Waals surface area contributed by atoms with E-state index in [9.17, 15) is 0 Å². The molecule has 0 aliphatic heterocycles. The van der Waals surface area contributed by atoms with Crippen LogP contribution in [0, 0.1) is 5.92 Å². The Kier molecular flexibility index (Phi) is 5.30. The molecule has 1 aromatic rings. The SMILES string of the molecule is CCc1ccc(CN[C@@H](C)C2CCCCCC2)o1. The molecule has 2 heteroatoms. The third kappa shape index (κ3) is 3.88. The molecule has 0 bridgehead atoms. The van der Waals surface area contributed by atoms with Crippen molar-refractivity contribution in [2.45, 2.75) is 71.4 Å². The van der Waals surface area contributed by atoms with Crippen molar-refractivity contribution >= 4 is 0 Å². The Balaban J connectivity index is 1.77. The molecule has 1 atom stereocenters. The van der Waals surface area contributed by atoms with Crippen molar-refractivity contribution < 1.29 is 4.42 Å². The summed E-state index contributed by atoms with van der Waals surface area (Å²) in [6.07, 6.45) is 9.47. The average molecular weight is 249 g/mol. The smallest absolute Gasteiger partial charge is 0.117 e. The Morgan fingerprint density at radius 3 is 2.44 bits per heavy atom. The molecule has 1 heterocycles. The van der Waals surface area contributed by atoms with Crippen molar-refractivity contribution in [2.24, 2.45) is 5.92 Å². The lowest BCUT2D eigenvalue weighted by Gasteiger charge is -2.23. The maximum atomic E-state index is 5.73. The van der Waals surface area contributed by atoms with E-state index in [4.69, 9.17) is 4.42 Å². The Morgan fingerprint density at radius 1 is 1.17 bits per heavy atom. The molecule has 1 aliphatic carbocycles. The summed E-state index contributed by atoms with van der Waals surface area (Å²) in [6, 6.07) is 4.80. The van der Waals surface area contributed by atoms with Crippen molar-refractivity contribution in [3.8, 4) is 0 Å². The van der Waals surface area contributed by atoms with E-state index in [-0.39, 0.29) is 0 Å². The van der Waals surface area contributed by atoms with Gasteiger partial charge in [0, 0.05) is 12.5 Å². The second-order valence-corrected chi connectivity index (χ2v) is 5.64. The summed E-state index contributed by atoms with van der Waals surface area (Å²) in [6.45, 7) is 5.33. The van der Waals surface area contributed by atoms with E-state index in [0.717, 1.165) is 30.4 Å². The standard InChI is InChI=1S/C16H27NO/c1-3-15-10-11-16(18-15)12-17-13(2)14-8-6-4-5-7-9-14/h10-11,13-14,17H,3-9,12H2,1-2H3/t13-/m0/s1. The van der Waals surface area contributed by atoms with Crippen LogP contribution in [0.3, 0.4) is 0 Å². The van der Waals surface area contributed by atoms with E-state index in [1.165, 1.54) is 38.5 Å². The zero-order valence-electron chi connectivity index (χ0n) is 11.9. The molecule has 0 spiro atoms. The van der Waals surface area contributed by atoms with E-state index in [1.807, 2.05) is 0 Å². The van der Waals surface area contributed by atoms with Crippen molar-refractivity contribution in [1.29, 1.82) is 0 Å². The van der Waals surface area contributed by atoms with Gasteiger partial charge in [0.15, 0.2) is 0 Å². The van der Waals surface area contributed by atoms with Crippen molar-refractivity contribution in [3.05, 3.63) is 23.7 Å².